The van der Waals surface area contributed by atoms with Gasteiger partial charge in [-0.15, -0.1) is 0 Å². The number of nitro groups is 1. The van der Waals surface area contributed by atoms with Gasteiger partial charge in [-0.1, -0.05) is 30.3 Å². The Balaban J connectivity index is 1.63. The van der Waals surface area contributed by atoms with Crippen LogP contribution in [-0.4, -0.2) is 22.0 Å². The summed E-state index contributed by atoms with van der Waals surface area (Å²) in [5.74, 6) is 1.82. The molecule has 2 aromatic heterocycles. The van der Waals surface area contributed by atoms with Gasteiger partial charge < -0.3 is 14.2 Å². The molecule has 0 saturated carbocycles. The van der Waals surface area contributed by atoms with Gasteiger partial charge in [0.25, 0.3) is 5.69 Å². The van der Waals surface area contributed by atoms with Crippen LogP contribution in [0.25, 0.3) is 10.9 Å². The van der Waals surface area contributed by atoms with Gasteiger partial charge in [0.15, 0.2) is 11.5 Å². The molecule has 0 N–H and O–H groups in total. The van der Waals surface area contributed by atoms with Gasteiger partial charge in [-0.25, -0.2) is 4.98 Å². The number of rotatable bonds is 7. The molecule has 2 heterocycles. The maximum absolute atomic E-state index is 10.8. The zero-order valence-corrected chi connectivity index (χ0v) is 16.0. The molecule has 0 aliphatic heterocycles. The molecule has 0 spiro atoms. The van der Waals surface area contributed by atoms with Crippen molar-refractivity contribution in [3.63, 3.8) is 0 Å². The van der Waals surface area contributed by atoms with Crippen LogP contribution < -0.4 is 14.2 Å². The van der Waals surface area contributed by atoms with E-state index in [9.17, 15) is 10.1 Å². The van der Waals surface area contributed by atoms with Gasteiger partial charge in [0.05, 0.1) is 17.5 Å². The van der Waals surface area contributed by atoms with Crippen molar-refractivity contribution in [2.24, 2.45) is 0 Å². The third-order valence-electron chi connectivity index (χ3n) is 4.37. The number of fused-ring (bicyclic) bond motifs is 1. The van der Waals surface area contributed by atoms with Gasteiger partial charge >= 0.3 is 0 Å². The van der Waals surface area contributed by atoms with E-state index < -0.39 is 4.92 Å². The van der Waals surface area contributed by atoms with Crippen LogP contribution in [-0.2, 0) is 6.61 Å². The summed E-state index contributed by atoms with van der Waals surface area (Å²) < 4.78 is 17.2. The van der Waals surface area contributed by atoms with Gasteiger partial charge in [0, 0.05) is 29.8 Å². The molecule has 8 nitrogen and oxygen atoms in total. The second-order valence-corrected chi connectivity index (χ2v) is 6.32. The SMILES string of the molecule is COc1cc2c(Oc3ccc([N+](=O)[O-])cn3)ccnc2cc1OCc1ccccc1. The lowest BCUT2D eigenvalue weighted by Gasteiger charge is -2.13. The minimum Gasteiger partial charge on any atom is -0.493 e. The molecule has 0 amide bonds. The average molecular weight is 403 g/mol. The topological polar surface area (TPSA) is 96.6 Å². The molecule has 0 saturated heterocycles. The first-order valence-electron chi connectivity index (χ1n) is 9.06. The molecule has 4 aromatic rings. The fourth-order valence-corrected chi connectivity index (χ4v) is 2.88. The van der Waals surface area contributed by atoms with E-state index in [0.29, 0.717) is 34.8 Å². The first kappa shape index (κ1) is 19.1. The van der Waals surface area contributed by atoms with Crippen molar-refractivity contribution in [3.8, 4) is 23.1 Å². The van der Waals surface area contributed by atoms with Gasteiger partial charge in [-0.3, -0.25) is 15.1 Å². The van der Waals surface area contributed by atoms with E-state index in [1.807, 2.05) is 30.3 Å². The zero-order chi connectivity index (χ0) is 20.9. The predicted molar refractivity (Wildman–Crippen MR) is 110 cm³/mol. The molecular formula is C22H17N3O5. The molecule has 150 valence electrons. The Morgan fingerprint density at radius 2 is 1.80 bits per heavy atom. The molecule has 0 bridgehead atoms. The Kier molecular flexibility index (Phi) is 5.38. The summed E-state index contributed by atoms with van der Waals surface area (Å²) >= 11 is 0. The standard InChI is InChI=1S/C22H17N3O5/c1-28-20-11-17-18(12-21(20)29-14-15-5-3-2-4-6-15)23-10-9-19(17)30-22-8-7-16(13-24-22)25(26)27/h2-13H,14H2,1H3. The summed E-state index contributed by atoms with van der Waals surface area (Å²) in [5, 5.41) is 11.5. The third kappa shape index (κ3) is 4.12. The molecule has 4 rings (SSSR count). The van der Waals surface area contributed by atoms with Crippen LogP contribution in [0.15, 0.2) is 73.1 Å². The first-order valence-corrected chi connectivity index (χ1v) is 9.06. The molecule has 8 heteroatoms. The first-order chi connectivity index (χ1) is 14.6. The summed E-state index contributed by atoms with van der Waals surface area (Å²) in [6, 6.07) is 17.9. The number of hydrogen-bond donors (Lipinski definition) is 0. The average Bonchev–Trinajstić information content (AvgIpc) is 2.78. The van der Waals surface area contributed by atoms with Crippen molar-refractivity contribution in [2.75, 3.05) is 7.11 Å². The number of methoxy groups -OCH3 is 1. The minimum absolute atomic E-state index is 0.108. The number of hydrogen-bond acceptors (Lipinski definition) is 7. The summed E-state index contributed by atoms with van der Waals surface area (Å²) in [5.41, 5.74) is 1.58. The number of benzene rings is 2. The number of ether oxygens (including phenoxy) is 3. The fraction of sp³-hybridized carbons (Fsp3) is 0.0909. The van der Waals surface area contributed by atoms with Crippen LogP contribution in [0.1, 0.15) is 5.56 Å². The second-order valence-electron chi connectivity index (χ2n) is 6.32. The predicted octanol–water partition coefficient (Wildman–Crippen LogP) is 4.92. The Labute approximate surface area is 171 Å². The van der Waals surface area contributed by atoms with Crippen LogP contribution >= 0.6 is 0 Å². The lowest BCUT2D eigenvalue weighted by Crippen LogP contribution is -1.98. The van der Waals surface area contributed by atoms with E-state index in [1.54, 1.807) is 31.5 Å². The third-order valence-corrected chi connectivity index (χ3v) is 4.37. The highest BCUT2D eigenvalue weighted by Gasteiger charge is 2.13. The second kappa shape index (κ2) is 8.44. The van der Waals surface area contributed by atoms with Gasteiger partial charge in [0.2, 0.25) is 5.88 Å². The molecule has 30 heavy (non-hydrogen) atoms. The monoisotopic (exact) mass is 403 g/mol. The highest BCUT2D eigenvalue weighted by molar-refractivity contribution is 5.88. The maximum atomic E-state index is 10.8. The lowest BCUT2D eigenvalue weighted by atomic mass is 10.1. The maximum Gasteiger partial charge on any atom is 0.287 e. The zero-order valence-electron chi connectivity index (χ0n) is 16.0. The van der Waals surface area contributed by atoms with Gasteiger partial charge in [0.1, 0.15) is 18.6 Å². The van der Waals surface area contributed by atoms with E-state index in [4.69, 9.17) is 14.2 Å². The Morgan fingerprint density at radius 3 is 2.50 bits per heavy atom. The molecule has 2 aromatic carbocycles. The normalized spacial score (nSPS) is 10.6. The summed E-state index contributed by atoms with van der Waals surface area (Å²) in [7, 11) is 1.56. The van der Waals surface area contributed by atoms with Crippen LogP contribution in [0.3, 0.4) is 0 Å². The molecule has 0 atom stereocenters. The van der Waals surface area contributed by atoms with Crippen molar-refractivity contribution >= 4 is 16.6 Å². The fourth-order valence-electron chi connectivity index (χ4n) is 2.88. The summed E-state index contributed by atoms with van der Waals surface area (Å²) in [6.45, 7) is 0.394. The van der Waals surface area contributed by atoms with Crippen LogP contribution in [0, 0.1) is 10.1 Å². The number of pyridine rings is 2. The van der Waals surface area contributed by atoms with Crippen molar-refractivity contribution in [1.29, 1.82) is 0 Å². The highest BCUT2D eigenvalue weighted by atomic mass is 16.6. The van der Waals surface area contributed by atoms with E-state index in [1.165, 1.54) is 12.1 Å². The van der Waals surface area contributed by atoms with Crippen LogP contribution in [0.4, 0.5) is 5.69 Å². The summed E-state index contributed by atoms with van der Waals surface area (Å²) in [6.07, 6.45) is 2.76. The number of nitrogens with zero attached hydrogens (tertiary/aromatic N) is 3. The van der Waals surface area contributed by atoms with Gasteiger partial charge in [-0.2, -0.15) is 0 Å². The summed E-state index contributed by atoms with van der Waals surface area (Å²) in [4.78, 5) is 18.6. The van der Waals surface area contributed by atoms with Crippen LogP contribution in [0.2, 0.25) is 0 Å². The Hall–Kier alpha value is -4.20. The minimum atomic E-state index is -0.513. The molecule has 0 radical (unpaired) electrons. The van der Waals surface area contributed by atoms with Crippen molar-refractivity contribution in [1.82, 2.24) is 9.97 Å². The molecule has 0 fully saturated rings. The highest BCUT2D eigenvalue weighted by Crippen LogP contribution is 2.37. The molecule has 0 aliphatic rings. The van der Waals surface area contributed by atoms with Gasteiger partial charge in [-0.05, 0) is 17.7 Å². The van der Waals surface area contributed by atoms with E-state index in [0.717, 1.165) is 11.8 Å². The number of aromatic nitrogens is 2. The van der Waals surface area contributed by atoms with Crippen molar-refractivity contribution in [2.45, 2.75) is 6.61 Å². The largest absolute Gasteiger partial charge is 0.493 e. The smallest absolute Gasteiger partial charge is 0.287 e. The molecule has 0 unspecified atom stereocenters. The van der Waals surface area contributed by atoms with Crippen molar-refractivity contribution < 1.29 is 19.1 Å². The van der Waals surface area contributed by atoms with Crippen molar-refractivity contribution in [3.05, 3.63) is 88.7 Å². The quantitative estimate of drug-likeness (QED) is 0.319. The van der Waals surface area contributed by atoms with E-state index in [-0.39, 0.29) is 11.6 Å². The van der Waals surface area contributed by atoms with Crippen LogP contribution in [0.5, 0.6) is 23.1 Å². The molecular weight excluding hydrogens is 386 g/mol. The Bertz CT molecular complexity index is 1180. The Morgan fingerprint density at radius 1 is 0.967 bits per heavy atom. The molecule has 0 aliphatic carbocycles. The lowest BCUT2D eigenvalue weighted by molar-refractivity contribution is -0.385. The van der Waals surface area contributed by atoms with E-state index in [2.05, 4.69) is 9.97 Å². The van der Waals surface area contributed by atoms with E-state index >= 15 is 0 Å².